The SMILES string of the molecule is O=C(NCC1(C(=O)O)CCCCC1)c1cccnc1Cl. The molecule has 0 spiro atoms. The molecular weight excluding hydrogens is 280 g/mol. The molecule has 6 heteroatoms. The van der Waals surface area contributed by atoms with Gasteiger partial charge in [-0.3, -0.25) is 9.59 Å². The molecule has 5 nitrogen and oxygen atoms in total. The first kappa shape index (κ1) is 14.8. The molecule has 108 valence electrons. The fourth-order valence-electron chi connectivity index (χ4n) is 2.59. The lowest BCUT2D eigenvalue weighted by atomic mass is 9.74. The molecule has 1 aliphatic rings. The van der Waals surface area contributed by atoms with E-state index in [0.717, 1.165) is 19.3 Å². The Morgan fingerprint density at radius 2 is 2.05 bits per heavy atom. The Kier molecular flexibility index (Phi) is 4.60. The minimum absolute atomic E-state index is 0.123. The molecule has 1 aromatic heterocycles. The van der Waals surface area contributed by atoms with Gasteiger partial charge in [-0.2, -0.15) is 0 Å². The maximum atomic E-state index is 12.0. The van der Waals surface area contributed by atoms with E-state index in [0.29, 0.717) is 12.8 Å². The van der Waals surface area contributed by atoms with Crippen molar-refractivity contribution in [3.63, 3.8) is 0 Å². The number of nitrogens with zero attached hydrogens (tertiary/aromatic N) is 1. The highest BCUT2D eigenvalue weighted by molar-refractivity contribution is 6.32. The summed E-state index contributed by atoms with van der Waals surface area (Å²) < 4.78 is 0. The molecule has 2 N–H and O–H groups in total. The van der Waals surface area contributed by atoms with Crippen LogP contribution in [0.5, 0.6) is 0 Å². The van der Waals surface area contributed by atoms with Gasteiger partial charge in [0.25, 0.3) is 5.91 Å². The van der Waals surface area contributed by atoms with E-state index in [-0.39, 0.29) is 23.2 Å². The third-order valence-corrected chi connectivity index (χ3v) is 4.16. The fourth-order valence-corrected chi connectivity index (χ4v) is 2.80. The number of hydrogen-bond donors (Lipinski definition) is 2. The number of halogens is 1. The van der Waals surface area contributed by atoms with Crippen molar-refractivity contribution >= 4 is 23.5 Å². The van der Waals surface area contributed by atoms with E-state index in [1.54, 1.807) is 12.1 Å². The van der Waals surface area contributed by atoms with Gasteiger partial charge in [0.05, 0.1) is 11.0 Å². The smallest absolute Gasteiger partial charge is 0.311 e. The second kappa shape index (κ2) is 6.22. The van der Waals surface area contributed by atoms with Crippen molar-refractivity contribution in [1.82, 2.24) is 10.3 Å². The number of carbonyl (C=O) groups is 2. The number of carboxylic acids is 1. The van der Waals surface area contributed by atoms with Gasteiger partial charge in [-0.1, -0.05) is 30.9 Å². The van der Waals surface area contributed by atoms with Crippen molar-refractivity contribution in [3.8, 4) is 0 Å². The van der Waals surface area contributed by atoms with Gasteiger partial charge in [0, 0.05) is 12.7 Å². The zero-order chi connectivity index (χ0) is 14.6. The molecule has 0 unspecified atom stereocenters. The average molecular weight is 297 g/mol. The lowest BCUT2D eigenvalue weighted by Gasteiger charge is -2.33. The van der Waals surface area contributed by atoms with Crippen LogP contribution in [-0.2, 0) is 4.79 Å². The minimum atomic E-state index is -0.845. The fraction of sp³-hybridized carbons (Fsp3) is 0.500. The number of amides is 1. The summed E-state index contributed by atoms with van der Waals surface area (Å²) >= 11 is 5.85. The predicted octanol–water partition coefficient (Wildman–Crippen LogP) is 2.50. The van der Waals surface area contributed by atoms with E-state index in [4.69, 9.17) is 11.6 Å². The van der Waals surface area contributed by atoms with E-state index in [9.17, 15) is 14.7 Å². The molecule has 1 fully saturated rings. The third kappa shape index (κ3) is 3.10. The summed E-state index contributed by atoms with van der Waals surface area (Å²) in [7, 11) is 0. The van der Waals surface area contributed by atoms with Gasteiger partial charge in [0.15, 0.2) is 0 Å². The largest absolute Gasteiger partial charge is 0.481 e. The van der Waals surface area contributed by atoms with Crippen molar-refractivity contribution in [1.29, 1.82) is 0 Å². The Morgan fingerprint density at radius 1 is 1.35 bits per heavy atom. The van der Waals surface area contributed by atoms with Crippen LogP contribution in [0.15, 0.2) is 18.3 Å². The van der Waals surface area contributed by atoms with Gasteiger partial charge in [0.1, 0.15) is 5.15 Å². The Hall–Kier alpha value is -1.62. The second-order valence-corrected chi connectivity index (χ2v) is 5.53. The topological polar surface area (TPSA) is 79.3 Å². The highest BCUT2D eigenvalue weighted by Gasteiger charge is 2.39. The van der Waals surface area contributed by atoms with Gasteiger partial charge in [-0.05, 0) is 25.0 Å². The van der Waals surface area contributed by atoms with Gasteiger partial charge >= 0.3 is 5.97 Å². The Bertz CT molecular complexity index is 513. The van der Waals surface area contributed by atoms with Gasteiger partial charge in [-0.15, -0.1) is 0 Å². The highest BCUT2D eigenvalue weighted by atomic mass is 35.5. The van der Waals surface area contributed by atoms with Gasteiger partial charge in [0.2, 0.25) is 0 Å². The van der Waals surface area contributed by atoms with Crippen molar-refractivity contribution in [2.45, 2.75) is 32.1 Å². The monoisotopic (exact) mass is 296 g/mol. The average Bonchev–Trinajstić information content (AvgIpc) is 2.46. The minimum Gasteiger partial charge on any atom is -0.481 e. The number of pyridine rings is 1. The lowest BCUT2D eigenvalue weighted by Crippen LogP contribution is -2.44. The molecule has 1 aromatic rings. The van der Waals surface area contributed by atoms with Crippen LogP contribution in [0.2, 0.25) is 5.15 Å². The molecule has 0 saturated heterocycles. The molecule has 20 heavy (non-hydrogen) atoms. The summed E-state index contributed by atoms with van der Waals surface area (Å²) in [4.78, 5) is 27.4. The molecule has 1 aliphatic carbocycles. The maximum absolute atomic E-state index is 12.0. The van der Waals surface area contributed by atoms with Crippen LogP contribution in [-0.4, -0.2) is 28.5 Å². The molecule has 1 saturated carbocycles. The van der Waals surface area contributed by atoms with Crippen LogP contribution < -0.4 is 5.32 Å². The zero-order valence-corrected chi connectivity index (χ0v) is 11.8. The Balaban J connectivity index is 2.05. The zero-order valence-electron chi connectivity index (χ0n) is 11.1. The van der Waals surface area contributed by atoms with Gasteiger partial charge in [-0.25, -0.2) is 4.98 Å². The van der Waals surface area contributed by atoms with Crippen LogP contribution in [0.1, 0.15) is 42.5 Å². The number of nitrogens with one attached hydrogen (secondary N) is 1. The molecule has 0 radical (unpaired) electrons. The van der Waals surface area contributed by atoms with Crippen molar-refractivity contribution < 1.29 is 14.7 Å². The second-order valence-electron chi connectivity index (χ2n) is 5.17. The van der Waals surface area contributed by atoms with Crippen molar-refractivity contribution in [2.24, 2.45) is 5.41 Å². The molecular formula is C14H17ClN2O3. The van der Waals surface area contributed by atoms with E-state index < -0.39 is 11.4 Å². The number of carboxylic acid groups (broad SMARTS) is 1. The van der Waals surface area contributed by atoms with Crippen molar-refractivity contribution in [3.05, 3.63) is 29.0 Å². The van der Waals surface area contributed by atoms with E-state index in [1.807, 2.05) is 0 Å². The molecule has 0 bridgehead atoms. The summed E-state index contributed by atoms with van der Waals surface area (Å²) in [6.45, 7) is 0.131. The number of hydrogen-bond acceptors (Lipinski definition) is 3. The molecule has 1 heterocycles. The lowest BCUT2D eigenvalue weighted by molar-refractivity contribution is -0.150. The highest BCUT2D eigenvalue weighted by Crippen LogP contribution is 2.36. The van der Waals surface area contributed by atoms with Crippen LogP contribution in [0.4, 0.5) is 0 Å². The quantitative estimate of drug-likeness (QED) is 0.837. The summed E-state index contributed by atoms with van der Waals surface area (Å²) in [6.07, 6.45) is 5.52. The van der Waals surface area contributed by atoms with E-state index >= 15 is 0 Å². The normalized spacial score (nSPS) is 17.4. The Labute approximate surface area is 122 Å². The van der Waals surface area contributed by atoms with Crippen LogP contribution in [0, 0.1) is 5.41 Å². The maximum Gasteiger partial charge on any atom is 0.311 e. The number of rotatable bonds is 4. The first-order chi connectivity index (χ1) is 9.55. The van der Waals surface area contributed by atoms with Crippen LogP contribution >= 0.6 is 11.6 Å². The van der Waals surface area contributed by atoms with Crippen molar-refractivity contribution in [2.75, 3.05) is 6.54 Å². The van der Waals surface area contributed by atoms with E-state index in [1.165, 1.54) is 6.20 Å². The Morgan fingerprint density at radius 3 is 2.65 bits per heavy atom. The first-order valence-corrected chi connectivity index (χ1v) is 7.05. The van der Waals surface area contributed by atoms with Crippen LogP contribution in [0.25, 0.3) is 0 Å². The first-order valence-electron chi connectivity index (χ1n) is 6.67. The van der Waals surface area contributed by atoms with Crippen LogP contribution in [0.3, 0.4) is 0 Å². The summed E-state index contributed by atoms with van der Waals surface area (Å²) in [5.41, 5.74) is -0.576. The summed E-state index contributed by atoms with van der Waals surface area (Å²) in [6, 6.07) is 3.19. The number of carbonyl (C=O) groups excluding carboxylic acids is 1. The summed E-state index contributed by atoms with van der Waals surface area (Å²) in [5.74, 6) is -1.22. The third-order valence-electron chi connectivity index (χ3n) is 3.86. The predicted molar refractivity (Wildman–Crippen MR) is 74.7 cm³/mol. The molecule has 0 aliphatic heterocycles. The van der Waals surface area contributed by atoms with E-state index in [2.05, 4.69) is 10.3 Å². The van der Waals surface area contributed by atoms with Gasteiger partial charge < -0.3 is 10.4 Å². The molecule has 2 rings (SSSR count). The molecule has 1 amide bonds. The molecule has 0 atom stereocenters. The molecule has 0 aromatic carbocycles. The number of aliphatic carboxylic acids is 1. The number of aromatic nitrogens is 1. The summed E-state index contributed by atoms with van der Waals surface area (Å²) in [5, 5.41) is 12.2. The standard InChI is InChI=1S/C14H17ClN2O3/c15-11-10(5-4-8-16-11)12(18)17-9-14(13(19)20)6-2-1-3-7-14/h4-5,8H,1-3,6-7,9H2,(H,17,18)(H,19,20).